The minimum absolute atomic E-state index is 0.0417. The Labute approximate surface area is 328 Å². The van der Waals surface area contributed by atoms with Crippen molar-refractivity contribution < 1.29 is 4.42 Å². The van der Waals surface area contributed by atoms with Crippen LogP contribution in [0.15, 0.2) is 180 Å². The summed E-state index contributed by atoms with van der Waals surface area (Å²) in [6, 6.07) is 64.7. The van der Waals surface area contributed by atoms with E-state index in [1.807, 2.05) is 12.1 Å². The summed E-state index contributed by atoms with van der Waals surface area (Å²) in [6.07, 6.45) is 0. The predicted molar refractivity (Wildman–Crippen MR) is 234 cm³/mol. The number of anilines is 3. The van der Waals surface area contributed by atoms with Crippen molar-refractivity contribution in [3.05, 3.63) is 198 Å². The smallest absolute Gasteiger partial charge is 0.135 e. The van der Waals surface area contributed by atoms with Crippen LogP contribution in [-0.4, -0.2) is 0 Å². The molecular formula is C54H41NO. The van der Waals surface area contributed by atoms with Crippen LogP contribution >= 0.6 is 0 Å². The van der Waals surface area contributed by atoms with Gasteiger partial charge in [-0.3, -0.25) is 0 Å². The summed E-state index contributed by atoms with van der Waals surface area (Å²) in [7, 11) is 0. The van der Waals surface area contributed by atoms with Crippen LogP contribution in [0.3, 0.4) is 0 Å². The van der Waals surface area contributed by atoms with E-state index in [9.17, 15) is 0 Å². The van der Waals surface area contributed by atoms with Gasteiger partial charge in [-0.15, -0.1) is 0 Å². The van der Waals surface area contributed by atoms with Crippen LogP contribution in [0.25, 0.3) is 66.4 Å². The highest BCUT2D eigenvalue weighted by Gasteiger charge is 2.37. The number of benzene rings is 8. The summed E-state index contributed by atoms with van der Waals surface area (Å²) in [5, 5.41) is 2.27. The van der Waals surface area contributed by atoms with Crippen LogP contribution in [0.4, 0.5) is 17.1 Å². The molecule has 11 rings (SSSR count). The second-order valence-corrected chi connectivity index (χ2v) is 16.6. The molecule has 268 valence electrons. The molecule has 8 aromatic carbocycles. The number of hydrogen-bond donors (Lipinski definition) is 0. The van der Waals surface area contributed by atoms with E-state index in [0.29, 0.717) is 0 Å². The average molecular weight is 720 g/mol. The van der Waals surface area contributed by atoms with Gasteiger partial charge >= 0.3 is 0 Å². The molecule has 2 aliphatic rings. The summed E-state index contributed by atoms with van der Waals surface area (Å²) in [5.74, 6) is 0. The fourth-order valence-corrected chi connectivity index (χ4v) is 9.70. The Morgan fingerprint density at radius 1 is 0.339 bits per heavy atom. The van der Waals surface area contributed by atoms with Gasteiger partial charge in [-0.2, -0.15) is 0 Å². The lowest BCUT2D eigenvalue weighted by molar-refractivity contribution is 0.660. The molecule has 0 saturated heterocycles. The molecule has 9 aromatic rings. The molecular weight excluding hydrogens is 679 g/mol. The van der Waals surface area contributed by atoms with E-state index < -0.39 is 0 Å². The van der Waals surface area contributed by atoms with E-state index in [0.717, 1.165) is 50.1 Å². The van der Waals surface area contributed by atoms with Gasteiger partial charge in [0.2, 0.25) is 0 Å². The van der Waals surface area contributed by atoms with Crippen molar-refractivity contribution in [1.82, 2.24) is 0 Å². The van der Waals surface area contributed by atoms with Gasteiger partial charge in [0.05, 0.1) is 0 Å². The van der Waals surface area contributed by atoms with Gasteiger partial charge in [0.25, 0.3) is 0 Å². The molecule has 0 atom stereocenters. The zero-order chi connectivity index (χ0) is 37.8. The summed E-state index contributed by atoms with van der Waals surface area (Å²) in [4.78, 5) is 2.42. The van der Waals surface area contributed by atoms with Gasteiger partial charge in [-0.05, 0) is 127 Å². The van der Waals surface area contributed by atoms with Crippen LogP contribution < -0.4 is 4.90 Å². The van der Waals surface area contributed by atoms with Crippen molar-refractivity contribution in [2.45, 2.75) is 38.5 Å². The zero-order valence-electron chi connectivity index (χ0n) is 32.1. The molecule has 0 unspecified atom stereocenters. The average Bonchev–Trinajstić information content (AvgIpc) is 3.80. The molecule has 1 aromatic heterocycles. The van der Waals surface area contributed by atoms with Crippen LogP contribution in [0.1, 0.15) is 49.9 Å². The fraction of sp³-hybridized carbons (Fsp3) is 0.111. The molecule has 2 heteroatoms. The van der Waals surface area contributed by atoms with Gasteiger partial charge in [-0.25, -0.2) is 0 Å². The van der Waals surface area contributed by atoms with Gasteiger partial charge in [0, 0.05) is 38.7 Å². The summed E-state index contributed by atoms with van der Waals surface area (Å²) >= 11 is 0. The first-order valence-electron chi connectivity index (χ1n) is 19.7. The third-order valence-electron chi connectivity index (χ3n) is 12.7. The molecule has 0 saturated carbocycles. The Kier molecular flexibility index (Phi) is 6.98. The first-order valence-corrected chi connectivity index (χ1v) is 19.7. The van der Waals surface area contributed by atoms with Crippen molar-refractivity contribution in [3.63, 3.8) is 0 Å². The largest absolute Gasteiger partial charge is 0.456 e. The highest BCUT2D eigenvalue weighted by atomic mass is 16.3. The molecule has 0 spiro atoms. The molecule has 0 N–H and O–H groups in total. The minimum Gasteiger partial charge on any atom is -0.456 e. The van der Waals surface area contributed by atoms with E-state index in [4.69, 9.17) is 4.42 Å². The summed E-state index contributed by atoms with van der Waals surface area (Å²) in [6.45, 7) is 9.41. The number of furan rings is 1. The number of para-hydroxylation sites is 1. The Balaban J connectivity index is 1.03. The summed E-state index contributed by atoms with van der Waals surface area (Å²) < 4.78 is 6.18. The maximum absolute atomic E-state index is 6.18. The molecule has 1 heterocycles. The minimum atomic E-state index is -0.108. The van der Waals surface area contributed by atoms with Crippen LogP contribution in [-0.2, 0) is 10.8 Å². The lowest BCUT2D eigenvalue weighted by Gasteiger charge is -2.28. The van der Waals surface area contributed by atoms with Crippen molar-refractivity contribution in [2.75, 3.05) is 4.90 Å². The zero-order valence-corrected chi connectivity index (χ0v) is 32.1. The Morgan fingerprint density at radius 3 is 1.61 bits per heavy atom. The molecule has 2 aliphatic carbocycles. The monoisotopic (exact) mass is 719 g/mol. The SMILES string of the molecule is CC1(C)c2ccccc2-c2ccc(-c3ccc(N(c4cccc(-c5ccc6oc7ccccc7c6c5)c4)c4ccc5c(c4)C(C)(C)c4ccccc4-5)cc3)cc21. The van der Waals surface area contributed by atoms with E-state index in [-0.39, 0.29) is 10.8 Å². The number of hydrogen-bond acceptors (Lipinski definition) is 2. The highest BCUT2D eigenvalue weighted by Crippen LogP contribution is 2.52. The molecule has 56 heavy (non-hydrogen) atoms. The second-order valence-electron chi connectivity index (χ2n) is 16.6. The van der Waals surface area contributed by atoms with E-state index in [1.54, 1.807) is 0 Å². The van der Waals surface area contributed by atoms with Crippen molar-refractivity contribution in [2.24, 2.45) is 0 Å². The standard InChI is InChI=1S/C54H41NO/c1-53(2)47-17-8-5-14-41(47)43-27-22-37(32-49(43)53)34-20-24-38(25-21-34)55(40-26-28-44-42-15-6-9-18-48(42)54(3,4)50(44)33-40)39-13-11-12-35(30-39)36-23-29-52-46(31-36)45-16-7-10-19-51(45)56-52/h5-33H,1-4H3. The lowest BCUT2D eigenvalue weighted by Crippen LogP contribution is -2.16. The molecule has 0 bridgehead atoms. The van der Waals surface area contributed by atoms with E-state index in [1.165, 1.54) is 55.6 Å². The van der Waals surface area contributed by atoms with Crippen LogP contribution in [0, 0.1) is 0 Å². The van der Waals surface area contributed by atoms with E-state index >= 15 is 0 Å². The quantitative estimate of drug-likeness (QED) is 0.176. The molecule has 0 amide bonds. The first kappa shape index (κ1) is 32.8. The van der Waals surface area contributed by atoms with Crippen molar-refractivity contribution >= 4 is 39.0 Å². The predicted octanol–water partition coefficient (Wildman–Crippen LogP) is 15.0. The molecule has 0 aliphatic heterocycles. The van der Waals surface area contributed by atoms with Gasteiger partial charge in [-0.1, -0.05) is 143 Å². The Bertz CT molecular complexity index is 3030. The maximum atomic E-state index is 6.18. The van der Waals surface area contributed by atoms with Gasteiger partial charge < -0.3 is 9.32 Å². The van der Waals surface area contributed by atoms with Crippen molar-refractivity contribution in [1.29, 1.82) is 0 Å². The molecule has 0 radical (unpaired) electrons. The third-order valence-corrected chi connectivity index (χ3v) is 12.7. The third kappa shape index (κ3) is 4.82. The van der Waals surface area contributed by atoms with Gasteiger partial charge in [0.15, 0.2) is 0 Å². The lowest BCUT2D eigenvalue weighted by atomic mass is 9.81. The van der Waals surface area contributed by atoms with Crippen LogP contribution in [0.2, 0.25) is 0 Å². The number of rotatable bonds is 5. The maximum Gasteiger partial charge on any atom is 0.135 e. The fourth-order valence-electron chi connectivity index (χ4n) is 9.70. The van der Waals surface area contributed by atoms with Crippen LogP contribution in [0.5, 0.6) is 0 Å². The Hall–Kier alpha value is -6.64. The number of nitrogens with zero attached hydrogens (tertiary/aromatic N) is 1. The Morgan fingerprint density at radius 2 is 0.857 bits per heavy atom. The van der Waals surface area contributed by atoms with Crippen molar-refractivity contribution in [3.8, 4) is 44.5 Å². The highest BCUT2D eigenvalue weighted by molar-refractivity contribution is 6.06. The van der Waals surface area contributed by atoms with E-state index in [2.05, 4.69) is 196 Å². The molecule has 2 nitrogen and oxygen atoms in total. The number of fused-ring (bicyclic) bond motifs is 9. The first-order chi connectivity index (χ1) is 27.3. The topological polar surface area (TPSA) is 16.4 Å². The molecule has 0 fully saturated rings. The van der Waals surface area contributed by atoms with Gasteiger partial charge in [0.1, 0.15) is 11.2 Å². The second kappa shape index (κ2) is 11.9. The normalized spacial score (nSPS) is 14.4. The summed E-state index contributed by atoms with van der Waals surface area (Å²) in [5.41, 5.74) is 20.7.